The van der Waals surface area contributed by atoms with Gasteiger partial charge in [0.2, 0.25) is 5.91 Å². The summed E-state index contributed by atoms with van der Waals surface area (Å²) in [4.78, 5) is 28.1. The van der Waals surface area contributed by atoms with Crippen LogP contribution in [0.15, 0.2) is 0 Å². The van der Waals surface area contributed by atoms with Gasteiger partial charge in [0.05, 0.1) is 0 Å². The van der Waals surface area contributed by atoms with Crippen LogP contribution in [0, 0.1) is 0 Å². The second-order valence-electron chi connectivity index (χ2n) is 9.37. The van der Waals surface area contributed by atoms with Crippen LogP contribution in [0.1, 0.15) is 92.9 Å². The minimum absolute atomic E-state index is 0.0685. The van der Waals surface area contributed by atoms with Gasteiger partial charge < -0.3 is 14.8 Å². The second kappa shape index (κ2) is 10.6. The first-order valence-electron chi connectivity index (χ1n) is 10.8. The number of hydrogen-bond acceptors (Lipinski definition) is 5. The third-order valence-corrected chi connectivity index (χ3v) is 6.04. The maximum atomic E-state index is 13.1. The first-order valence-corrected chi connectivity index (χ1v) is 10.8. The van der Waals surface area contributed by atoms with E-state index in [-0.39, 0.29) is 23.8 Å². The van der Waals surface area contributed by atoms with Crippen molar-refractivity contribution < 1.29 is 19.1 Å². The summed E-state index contributed by atoms with van der Waals surface area (Å²) in [5.41, 5.74) is -1.56. The molecule has 164 valence electrons. The molecule has 6 nitrogen and oxygen atoms in total. The number of carbonyl (C=O) groups is 2. The molecule has 0 radical (unpaired) electrons. The maximum absolute atomic E-state index is 13.1. The van der Waals surface area contributed by atoms with Gasteiger partial charge in [-0.15, -0.1) is 0 Å². The summed E-state index contributed by atoms with van der Waals surface area (Å²) < 4.78 is 10.6. The molecule has 0 spiro atoms. The number of piperidine rings is 1. The SMILES string of the molecule is CCCCCCCC(=O)NC1(C(=O)OCOCC)CC(C)(C)N(C)C(C)(C)C1. The van der Waals surface area contributed by atoms with Crippen molar-refractivity contribution in [2.45, 2.75) is 110 Å². The van der Waals surface area contributed by atoms with E-state index in [0.717, 1.165) is 19.3 Å². The topological polar surface area (TPSA) is 67.9 Å². The van der Waals surface area contributed by atoms with Gasteiger partial charge in [-0.3, -0.25) is 9.69 Å². The van der Waals surface area contributed by atoms with E-state index >= 15 is 0 Å². The van der Waals surface area contributed by atoms with Gasteiger partial charge in [-0.05, 0) is 60.9 Å². The van der Waals surface area contributed by atoms with Crippen LogP contribution in [0.3, 0.4) is 0 Å². The number of ether oxygens (including phenoxy) is 2. The average molecular weight is 399 g/mol. The monoisotopic (exact) mass is 398 g/mol. The summed E-state index contributed by atoms with van der Waals surface area (Å²) >= 11 is 0. The summed E-state index contributed by atoms with van der Waals surface area (Å²) in [6, 6.07) is 0. The molecule has 0 bridgehead atoms. The molecule has 0 aromatic rings. The highest BCUT2D eigenvalue weighted by Crippen LogP contribution is 2.43. The summed E-state index contributed by atoms with van der Waals surface area (Å²) in [5, 5.41) is 3.09. The molecule has 0 saturated carbocycles. The predicted octanol–water partition coefficient (Wildman–Crippen LogP) is 4.02. The van der Waals surface area contributed by atoms with Crippen molar-refractivity contribution in [1.29, 1.82) is 0 Å². The van der Waals surface area contributed by atoms with Crippen molar-refractivity contribution in [2.24, 2.45) is 0 Å². The lowest BCUT2D eigenvalue weighted by Gasteiger charge is -2.57. The zero-order chi connectivity index (χ0) is 21.4. The lowest BCUT2D eigenvalue weighted by atomic mass is 9.69. The van der Waals surface area contributed by atoms with Crippen molar-refractivity contribution in [3.63, 3.8) is 0 Å². The lowest BCUT2D eigenvalue weighted by Crippen LogP contribution is -2.71. The zero-order valence-corrected chi connectivity index (χ0v) is 19.2. The van der Waals surface area contributed by atoms with Gasteiger partial charge in [-0.2, -0.15) is 0 Å². The van der Waals surface area contributed by atoms with E-state index in [1.165, 1.54) is 12.8 Å². The fourth-order valence-corrected chi connectivity index (χ4v) is 4.41. The molecular weight excluding hydrogens is 356 g/mol. The molecule has 0 aromatic heterocycles. The number of hydrogen-bond donors (Lipinski definition) is 1. The van der Waals surface area contributed by atoms with Crippen molar-refractivity contribution in [3.05, 3.63) is 0 Å². The summed E-state index contributed by atoms with van der Waals surface area (Å²) in [7, 11) is 2.07. The number of carbonyl (C=O) groups excluding carboxylic acids is 2. The van der Waals surface area contributed by atoms with Gasteiger partial charge in [-0.25, -0.2) is 4.79 Å². The molecule has 0 aliphatic carbocycles. The van der Waals surface area contributed by atoms with E-state index < -0.39 is 11.5 Å². The molecule has 1 aliphatic rings. The number of rotatable bonds is 11. The number of likely N-dealkylation sites (tertiary alicyclic amines) is 1. The summed E-state index contributed by atoms with van der Waals surface area (Å²) in [5.74, 6) is -0.462. The highest BCUT2D eigenvalue weighted by molar-refractivity contribution is 5.88. The molecule has 1 aliphatic heterocycles. The second-order valence-corrected chi connectivity index (χ2v) is 9.37. The Morgan fingerprint density at radius 2 is 1.54 bits per heavy atom. The Kier molecular flexibility index (Phi) is 9.41. The lowest BCUT2D eigenvalue weighted by molar-refractivity contribution is -0.174. The fraction of sp³-hybridized carbons (Fsp3) is 0.909. The van der Waals surface area contributed by atoms with Gasteiger partial charge in [-0.1, -0.05) is 32.6 Å². The van der Waals surface area contributed by atoms with Gasteiger partial charge in [0, 0.05) is 24.1 Å². The quantitative estimate of drug-likeness (QED) is 0.323. The van der Waals surface area contributed by atoms with Gasteiger partial charge in [0.15, 0.2) is 6.79 Å². The van der Waals surface area contributed by atoms with E-state index in [1.54, 1.807) is 0 Å². The minimum Gasteiger partial charge on any atom is -0.437 e. The molecule has 1 N–H and O–H groups in total. The molecule has 0 unspecified atom stereocenters. The van der Waals surface area contributed by atoms with Crippen LogP contribution < -0.4 is 5.32 Å². The van der Waals surface area contributed by atoms with Crippen molar-refractivity contribution in [3.8, 4) is 0 Å². The molecule has 1 saturated heterocycles. The normalized spacial score (nSPS) is 20.5. The highest BCUT2D eigenvalue weighted by Gasteiger charge is 2.56. The summed E-state index contributed by atoms with van der Waals surface area (Å²) in [6.45, 7) is 12.8. The first-order chi connectivity index (χ1) is 13.0. The van der Waals surface area contributed by atoms with Crippen LogP contribution in [0.2, 0.25) is 0 Å². The fourth-order valence-electron chi connectivity index (χ4n) is 4.41. The number of nitrogens with zero attached hydrogens (tertiary/aromatic N) is 1. The standard InChI is InChI=1S/C22H42N2O4/c1-8-10-11-12-13-14-18(25)23-22(19(26)28-17-27-9-2)15-20(3,4)24(7)21(5,6)16-22/h8-17H2,1-7H3,(H,23,25). The van der Waals surface area contributed by atoms with Crippen LogP contribution >= 0.6 is 0 Å². The molecule has 1 fully saturated rings. The van der Waals surface area contributed by atoms with E-state index in [2.05, 4.69) is 51.9 Å². The molecule has 1 amide bonds. The van der Waals surface area contributed by atoms with Crippen LogP contribution in [0.5, 0.6) is 0 Å². The van der Waals surface area contributed by atoms with E-state index in [1.807, 2.05) is 6.92 Å². The molecule has 0 atom stereocenters. The Labute approximate surface area is 171 Å². The van der Waals surface area contributed by atoms with E-state index in [4.69, 9.17) is 9.47 Å². The third kappa shape index (κ3) is 6.73. The molecule has 1 rings (SSSR count). The van der Waals surface area contributed by atoms with E-state index in [9.17, 15) is 9.59 Å². The molecule has 6 heteroatoms. The molecule has 0 aromatic carbocycles. The highest BCUT2D eigenvalue weighted by atomic mass is 16.7. The van der Waals surface area contributed by atoms with Crippen molar-refractivity contribution >= 4 is 11.9 Å². The first kappa shape index (κ1) is 24.9. The molecule has 28 heavy (non-hydrogen) atoms. The van der Waals surface area contributed by atoms with Crippen LogP contribution in [-0.2, 0) is 19.1 Å². The van der Waals surface area contributed by atoms with Crippen LogP contribution in [0.4, 0.5) is 0 Å². The predicted molar refractivity (Wildman–Crippen MR) is 112 cm³/mol. The number of unbranched alkanes of at least 4 members (excludes halogenated alkanes) is 4. The van der Waals surface area contributed by atoms with Crippen LogP contribution in [0.25, 0.3) is 0 Å². The van der Waals surface area contributed by atoms with E-state index in [0.29, 0.717) is 25.9 Å². The third-order valence-electron chi connectivity index (χ3n) is 6.04. The summed E-state index contributed by atoms with van der Waals surface area (Å²) in [6.07, 6.45) is 6.88. The maximum Gasteiger partial charge on any atom is 0.334 e. The smallest absolute Gasteiger partial charge is 0.334 e. The Hall–Kier alpha value is -1.14. The molecular formula is C22H42N2O4. The van der Waals surface area contributed by atoms with Gasteiger partial charge >= 0.3 is 5.97 Å². The van der Waals surface area contributed by atoms with Crippen molar-refractivity contribution in [2.75, 3.05) is 20.4 Å². The van der Waals surface area contributed by atoms with Crippen molar-refractivity contribution in [1.82, 2.24) is 10.2 Å². The Bertz CT molecular complexity index is 499. The number of amides is 1. The zero-order valence-electron chi connectivity index (χ0n) is 19.2. The number of nitrogens with one attached hydrogen (secondary N) is 1. The van der Waals surface area contributed by atoms with Crippen LogP contribution in [-0.4, -0.2) is 53.8 Å². The average Bonchev–Trinajstić information content (AvgIpc) is 2.59. The Morgan fingerprint density at radius 1 is 0.964 bits per heavy atom. The number of esters is 1. The van der Waals surface area contributed by atoms with Gasteiger partial charge in [0.25, 0.3) is 0 Å². The Morgan fingerprint density at radius 3 is 2.07 bits per heavy atom. The molecule has 1 heterocycles. The van der Waals surface area contributed by atoms with Gasteiger partial charge in [0.1, 0.15) is 5.54 Å². The largest absolute Gasteiger partial charge is 0.437 e. The Balaban J connectivity index is 2.93. The minimum atomic E-state index is -1.03.